The van der Waals surface area contributed by atoms with Crippen molar-refractivity contribution in [1.29, 1.82) is 0 Å². The van der Waals surface area contributed by atoms with Crippen LogP contribution in [0.5, 0.6) is 5.75 Å². The van der Waals surface area contributed by atoms with Gasteiger partial charge in [-0.15, -0.1) is 0 Å². The predicted octanol–water partition coefficient (Wildman–Crippen LogP) is 8.73. The van der Waals surface area contributed by atoms with Gasteiger partial charge < -0.3 is 10.0 Å². The molecule has 2 aromatic rings. The second-order valence-corrected chi connectivity index (χ2v) is 14.5. The third kappa shape index (κ3) is 10.6. The molecule has 43 heavy (non-hydrogen) atoms. The van der Waals surface area contributed by atoms with E-state index in [2.05, 4.69) is 4.90 Å². The number of likely N-dealkylation sites (tertiary alicyclic amines) is 1. The predicted molar refractivity (Wildman–Crippen MR) is 165 cm³/mol. The summed E-state index contributed by atoms with van der Waals surface area (Å²) in [5.41, 5.74) is 5.99. The van der Waals surface area contributed by atoms with Gasteiger partial charge in [0, 0.05) is 12.5 Å². The number of fused-ring (bicyclic) bond motifs is 1. The monoisotopic (exact) mass is 623 g/mol. The van der Waals surface area contributed by atoms with Gasteiger partial charge in [0.05, 0.1) is 11.5 Å². The average Bonchev–Trinajstić information content (AvgIpc) is 3.30. The Hall–Kier alpha value is -2.39. The average molecular weight is 624 g/mol. The first kappa shape index (κ1) is 33.5. The van der Waals surface area contributed by atoms with E-state index in [1.807, 2.05) is 24.3 Å². The number of aromatic hydroxyl groups is 1. The minimum absolute atomic E-state index is 0.0340. The van der Waals surface area contributed by atoms with Gasteiger partial charge in [0.1, 0.15) is 21.4 Å². The van der Waals surface area contributed by atoms with Gasteiger partial charge in [0.2, 0.25) is 0 Å². The number of hydrogen-bond acceptors (Lipinski definition) is 4. The lowest BCUT2D eigenvalue weighted by atomic mass is 9.89. The van der Waals surface area contributed by atoms with Crippen molar-refractivity contribution in [2.24, 2.45) is 0 Å². The molecular formula is C34H45F4NO3S. The lowest BCUT2D eigenvalue weighted by molar-refractivity contribution is -0.134. The normalized spacial score (nSPS) is 18.2. The zero-order valence-electron chi connectivity index (χ0n) is 25.0. The number of allylic oxidation sites excluding steroid dienone is 2. The summed E-state index contributed by atoms with van der Waals surface area (Å²) >= 11 is 0. The van der Waals surface area contributed by atoms with Crippen LogP contribution >= 0.6 is 0 Å². The number of rotatable bonds is 15. The number of nitrogens with zero attached hydrogens (tertiary/aromatic N) is 1. The van der Waals surface area contributed by atoms with Crippen LogP contribution in [0.15, 0.2) is 42.5 Å². The largest absolute Gasteiger partial charge is 0.508 e. The summed E-state index contributed by atoms with van der Waals surface area (Å²) in [6, 6.07) is 12.8. The molecule has 1 N–H and O–H groups in total. The Labute approximate surface area is 254 Å². The van der Waals surface area contributed by atoms with Crippen LogP contribution in [-0.4, -0.2) is 55.2 Å². The van der Waals surface area contributed by atoms with Crippen LogP contribution in [-0.2, 0) is 16.3 Å². The van der Waals surface area contributed by atoms with Gasteiger partial charge >= 0.3 is 6.18 Å². The molecule has 1 saturated heterocycles. The molecule has 1 aliphatic carbocycles. The molecule has 238 valence electrons. The van der Waals surface area contributed by atoms with Gasteiger partial charge in [-0.2, -0.15) is 13.2 Å². The number of halogens is 4. The maximum Gasteiger partial charge on any atom is 0.389 e. The Morgan fingerprint density at radius 2 is 1.63 bits per heavy atom. The van der Waals surface area contributed by atoms with Crippen LogP contribution in [0.1, 0.15) is 100 Å². The van der Waals surface area contributed by atoms with E-state index < -0.39 is 28.2 Å². The summed E-state index contributed by atoms with van der Waals surface area (Å²) < 4.78 is 75.0. The Morgan fingerprint density at radius 3 is 2.40 bits per heavy atom. The second-order valence-electron chi connectivity index (χ2n) is 12.2. The van der Waals surface area contributed by atoms with Gasteiger partial charge in [0.15, 0.2) is 0 Å². The van der Waals surface area contributed by atoms with Crippen molar-refractivity contribution in [3.8, 4) is 5.75 Å². The van der Waals surface area contributed by atoms with Gasteiger partial charge in [0.25, 0.3) is 0 Å². The molecule has 0 amide bonds. The van der Waals surface area contributed by atoms with Gasteiger partial charge in [-0.05, 0) is 136 Å². The molecule has 0 unspecified atom stereocenters. The maximum atomic E-state index is 13.7. The van der Waals surface area contributed by atoms with E-state index in [0.29, 0.717) is 12.5 Å². The smallest absolute Gasteiger partial charge is 0.389 e. The standard InChI is InChI=1S/C34H45F4NO3S/c35-28-16-14-26(15-17-28)31-13-5-9-27-25-30(40)18-19-32(27)33(31)12-3-1-2-4-21-39-22-6-10-29(39)11-7-23-43(41,42)24-8-20-34(36,37)38/h14-19,25,29,40H,1-13,20-24H2/t29-/m0/s1. The SMILES string of the molecule is O=S(=O)(CCC[C@@H]1CCCN1CCCCCCC1=C(c2ccc(F)cc2)CCCc2cc(O)ccc21)CCCC(F)(F)F. The summed E-state index contributed by atoms with van der Waals surface area (Å²) in [4.78, 5) is 2.46. The fourth-order valence-corrected chi connectivity index (χ4v) is 8.12. The van der Waals surface area contributed by atoms with Crippen molar-refractivity contribution in [2.75, 3.05) is 24.6 Å². The van der Waals surface area contributed by atoms with Crippen molar-refractivity contribution in [3.63, 3.8) is 0 Å². The molecule has 1 atom stereocenters. The molecule has 9 heteroatoms. The van der Waals surface area contributed by atoms with E-state index >= 15 is 0 Å². The molecule has 1 aliphatic heterocycles. The van der Waals surface area contributed by atoms with E-state index in [4.69, 9.17) is 0 Å². The Kier molecular flexibility index (Phi) is 12.1. The van der Waals surface area contributed by atoms with E-state index in [1.54, 1.807) is 6.07 Å². The van der Waals surface area contributed by atoms with Crippen LogP contribution in [0.25, 0.3) is 11.1 Å². The molecular weight excluding hydrogens is 578 g/mol. The molecule has 0 saturated carbocycles. The Balaban J connectivity index is 1.24. The molecule has 0 spiro atoms. The van der Waals surface area contributed by atoms with Crippen LogP contribution < -0.4 is 0 Å². The highest BCUT2D eigenvalue weighted by molar-refractivity contribution is 7.91. The molecule has 2 aromatic carbocycles. The fourth-order valence-electron chi connectivity index (χ4n) is 6.73. The van der Waals surface area contributed by atoms with Gasteiger partial charge in [-0.3, -0.25) is 0 Å². The number of phenolic OH excluding ortho intramolecular Hbond substituents is 1. The zero-order chi connectivity index (χ0) is 30.9. The lowest BCUT2D eigenvalue weighted by Crippen LogP contribution is -2.30. The van der Waals surface area contributed by atoms with Crippen molar-refractivity contribution in [2.45, 2.75) is 102 Å². The van der Waals surface area contributed by atoms with Crippen molar-refractivity contribution in [3.05, 3.63) is 65.0 Å². The number of sulfone groups is 1. The number of phenols is 1. The summed E-state index contributed by atoms with van der Waals surface area (Å²) in [5.74, 6) is -0.383. The maximum absolute atomic E-state index is 13.7. The highest BCUT2D eigenvalue weighted by atomic mass is 32.2. The van der Waals surface area contributed by atoms with Crippen molar-refractivity contribution >= 4 is 21.0 Å². The van der Waals surface area contributed by atoms with E-state index in [9.17, 15) is 31.1 Å². The number of benzene rings is 2. The van der Waals surface area contributed by atoms with Crippen molar-refractivity contribution < 1.29 is 31.1 Å². The topological polar surface area (TPSA) is 57.6 Å². The lowest BCUT2D eigenvalue weighted by Gasteiger charge is -2.24. The van der Waals surface area contributed by atoms with Gasteiger partial charge in [-0.25, -0.2) is 12.8 Å². The molecule has 0 aromatic heterocycles. The quantitative estimate of drug-likeness (QED) is 0.159. The van der Waals surface area contributed by atoms with E-state index in [-0.39, 0.29) is 23.7 Å². The molecule has 2 aliphatic rings. The molecule has 0 bridgehead atoms. The second kappa shape index (κ2) is 15.6. The summed E-state index contributed by atoms with van der Waals surface area (Å²) in [5, 5.41) is 10.1. The van der Waals surface area contributed by atoms with Gasteiger partial charge in [-0.1, -0.05) is 31.0 Å². The molecule has 4 nitrogen and oxygen atoms in total. The Morgan fingerprint density at radius 1 is 0.884 bits per heavy atom. The first-order chi connectivity index (χ1) is 20.5. The zero-order valence-corrected chi connectivity index (χ0v) is 25.8. The first-order valence-corrected chi connectivity index (χ1v) is 17.6. The fraction of sp³-hybridized carbons (Fsp3) is 0.588. The number of unbranched alkanes of at least 4 members (excludes halogenated alkanes) is 3. The summed E-state index contributed by atoms with van der Waals surface area (Å²) in [6.45, 7) is 2.00. The van der Waals surface area contributed by atoms with E-state index in [1.165, 1.54) is 34.4 Å². The van der Waals surface area contributed by atoms with Crippen LogP contribution in [0.2, 0.25) is 0 Å². The minimum atomic E-state index is -4.31. The highest BCUT2D eigenvalue weighted by Crippen LogP contribution is 2.39. The number of hydrogen-bond donors (Lipinski definition) is 1. The molecule has 0 radical (unpaired) electrons. The number of alkyl halides is 3. The Bertz CT molecular complexity index is 1320. The first-order valence-electron chi connectivity index (χ1n) is 15.8. The molecule has 1 fully saturated rings. The van der Waals surface area contributed by atoms with Crippen molar-refractivity contribution in [1.82, 2.24) is 4.90 Å². The highest BCUT2D eigenvalue weighted by Gasteiger charge is 2.28. The third-order valence-electron chi connectivity index (χ3n) is 8.87. The number of aryl methyl sites for hydroxylation is 1. The van der Waals surface area contributed by atoms with Crippen LogP contribution in [0.4, 0.5) is 17.6 Å². The third-order valence-corrected chi connectivity index (χ3v) is 10.7. The minimum Gasteiger partial charge on any atom is -0.508 e. The summed E-state index contributed by atoms with van der Waals surface area (Å²) in [7, 11) is -3.45. The molecule has 4 rings (SSSR count). The molecule has 1 heterocycles. The van der Waals surface area contributed by atoms with E-state index in [0.717, 1.165) is 89.3 Å². The van der Waals surface area contributed by atoms with Crippen LogP contribution in [0.3, 0.4) is 0 Å². The summed E-state index contributed by atoms with van der Waals surface area (Å²) in [6.07, 6.45) is 5.71. The van der Waals surface area contributed by atoms with Crippen LogP contribution in [0, 0.1) is 5.82 Å².